The van der Waals surface area contributed by atoms with Crippen molar-refractivity contribution in [2.75, 3.05) is 23.9 Å². The van der Waals surface area contributed by atoms with Gasteiger partial charge in [0.2, 0.25) is 11.8 Å². The Kier molecular flexibility index (Phi) is 5.62. The molecule has 8 heteroatoms. The van der Waals surface area contributed by atoms with Crippen molar-refractivity contribution in [1.82, 2.24) is 0 Å². The molecule has 1 atom stereocenters. The van der Waals surface area contributed by atoms with E-state index in [2.05, 4.69) is 10.1 Å². The number of halogens is 1. The van der Waals surface area contributed by atoms with E-state index in [0.717, 1.165) is 0 Å². The van der Waals surface area contributed by atoms with Crippen LogP contribution in [0.4, 0.5) is 11.4 Å². The molecule has 28 heavy (non-hydrogen) atoms. The molecule has 2 amide bonds. The van der Waals surface area contributed by atoms with Gasteiger partial charge in [-0.1, -0.05) is 11.6 Å². The van der Waals surface area contributed by atoms with Crippen LogP contribution in [-0.4, -0.2) is 31.4 Å². The highest BCUT2D eigenvalue weighted by Crippen LogP contribution is 2.28. The number of rotatable bonds is 4. The Labute approximate surface area is 166 Å². The Morgan fingerprint density at radius 2 is 1.96 bits per heavy atom. The van der Waals surface area contributed by atoms with E-state index in [1.807, 2.05) is 6.07 Å². The van der Waals surface area contributed by atoms with Crippen molar-refractivity contribution in [2.24, 2.45) is 5.92 Å². The average Bonchev–Trinajstić information content (AvgIpc) is 3.11. The van der Waals surface area contributed by atoms with Gasteiger partial charge in [-0.3, -0.25) is 9.59 Å². The van der Waals surface area contributed by atoms with Crippen LogP contribution in [0.25, 0.3) is 0 Å². The minimum atomic E-state index is -0.569. The molecule has 0 bridgehead atoms. The highest BCUT2D eigenvalue weighted by Gasteiger charge is 2.35. The van der Waals surface area contributed by atoms with Gasteiger partial charge in [-0.2, -0.15) is 5.26 Å². The summed E-state index contributed by atoms with van der Waals surface area (Å²) in [5.74, 6) is -1.66. The summed E-state index contributed by atoms with van der Waals surface area (Å²) in [6.45, 7) is 0.213. The fourth-order valence-corrected chi connectivity index (χ4v) is 3.11. The minimum absolute atomic E-state index is 0.0557. The molecule has 7 nitrogen and oxygen atoms in total. The number of hydrogen-bond acceptors (Lipinski definition) is 5. The Morgan fingerprint density at radius 3 is 2.61 bits per heavy atom. The van der Waals surface area contributed by atoms with Gasteiger partial charge in [0.15, 0.2) is 0 Å². The van der Waals surface area contributed by atoms with Crippen LogP contribution in [0.2, 0.25) is 5.02 Å². The third kappa shape index (κ3) is 3.97. The zero-order chi connectivity index (χ0) is 20.3. The molecular formula is C20H16ClN3O4. The maximum Gasteiger partial charge on any atom is 0.337 e. The van der Waals surface area contributed by atoms with Gasteiger partial charge in [0, 0.05) is 18.7 Å². The number of anilines is 2. The third-order valence-electron chi connectivity index (χ3n) is 4.45. The number of carbonyl (C=O) groups is 3. The summed E-state index contributed by atoms with van der Waals surface area (Å²) in [6.07, 6.45) is 0.0557. The normalized spacial score (nSPS) is 15.8. The van der Waals surface area contributed by atoms with E-state index < -0.39 is 11.9 Å². The van der Waals surface area contributed by atoms with E-state index in [4.69, 9.17) is 16.9 Å². The predicted octanol–water partition coefficient (Wildman–Crippen LogP) is 2.99. The molecule has 2 aromatic rings. The Bertz CT molecular complexity index is 982. The molecule has 0 aliphatic carbocycles. The minimum Gasteiger partial charge on any atom is -0.465 e. The number of amides is 2. The van der Waals surface area contributed by atoms with Gasteiger partial charge >= 0.3 is 5.97 Å². The highest BCUT2D eigenvalue weighted by molar-refractivity contribution is 6.34. The maximum atomic E-state index is 12.6. The molecule has 142 valence electrons. The van der Waals surface area contributed by atoms with Crippen LogP contribution in [0.3, 0.4) is 0 Å². The van der Waals surface area contributed by atoms with E-state index in [-0.39, 0.29) is 41.1 Å². The van der Waals surface area contributed by atoms with Gasteiger partial charge in [0.25, 0.3) is 0 Å². The second-order valence-corrected chi connectivity index (χ2v) is 6.65. The van der Waals surface area contributed by atoms with Crippen LogP contribution >= 0.6 is 11.6 Å². The second-order valence-electron chi connectivity index (χ2n) is 6.24. The molecule has 1 unspecified atom stereocenters. The fourth-order valence-electron chi connectivity index (χ4n) is 2.95. The van der Waals surface area contributed by atoms with Crippen LogP contribution in [-0.2, 0) is 14.3 Å². The largest absolute Gasteiger partial charge is 0.465 e. The lowest BCUT2D eigenvalue weighted by molar-refractivity contribution is -0.122. The molecule has 1 aliphatic heterocycles. The van der Waals surface area contributed by atoms with Crippen molar-refractivity contribution in [2.45, 2.75) is 6.42 Å². The lowest BCUT2D eigenvalue weighted by Gasteiger charge is -2.17. The van der Waals surface area contributed by atoms with Gasteiger partial charge in [0.1, 0.15) is 0 Å². The quantitative estimate of drug-likeness (QED) is 0.799. The summed E-state index contributed by atoms with van der Waals surface area (Å²) in [6, 6.07) is 13.0. The van der Waals surface area contributed by atoms with Gasteiger partial charge in [-0.25, -0.2) is 4.79 Å². The first-order chi connectivity index (χ1) is 13.4. The summed E-state index contributed by atoms with van der Waals surface area (Å²) < 4.78 is 4.66. The molecule has 2 aromatic carbocycles. The summed E-state index contributed by atoms with van der Waals surface area (Å²) >= 11 is 6.11. The number of nitriles is 1. The fraction of sp³-hybridized carbons (Fsp3) is 0.200. The van der Waals surface area contributed by atoms with Crippen LogP contribution in [0.15, 0.2) is 42.5 Å². The monoisotopic (exact) mass is 397 g/mol. The van der Waals surface area contributed by atoms with Crippen molar-refractivity contribution < 1.29 is 19.1 Å². The van der Waals surface area contributed by atoms with Crippen molar-refractivity contribution in [3.8, 4) is 6.07 Å². The van der Waals surface area contributed by atoms with E-state index in [9.17, 15) is 14.4 Å². The van der Waals surface area contributed by atoms with E-state index >= 15 is 0 Å². The summed E-state index contributed by atoms with van der Waals surface area (Å²) in [4.78, 5) is 38.1. The maximum absolute atomic E-state index is 12.6. The average molecular weight is 398 g/mol. The molecule has 1 saturated heterocycles. The predicted molar refractivity (Wildman–Crippen MR) is 103 cm³/mol. The lowest BCUT2D eigenvalue weighted by atomic mass is 10.1. The molecule has 3 rings (SSSR count). The molecule has 0 saturated carbocycles. The van der Waals surface area contributed by atoms with E-state index in [1.165, 1.54) is 30.2 Å². The number of hydrogen-bond donors (Lipinski definition) is 1. The first kappa shape index (κ1) is 19.4. The number of methoxy groups -OCH3 is 1. The van der Waals surface area contributed by atoms with E-state index in [1.54, 1.807) is 24.3 Å². The Morgan fingerprint density at radius 1 is 1.25 bits per heavy atom. The lowest BCUT2D eigenvalue weighted by Crippen LogP contribution is -2.28. The van der Waals surface area contributed by atoms with E-state index in [0.29, 0.717) is 11.3 Å². The second kappa shape index (κ2) is 8.11. The number of carbonyl (C=O) groups excluding carboxylic acids is 3. The van der Waals surface area contributed by atoms with Gasteiger partial charge < -0.3 is 15.0 Å². The summed E-state index contributed by atoms with van der Waals surface area (Å²) in [5.41, 5.74) is 1.65. The SMILES string of the molecule is COC(=O)c1ccc(Cl)c(NC(=O)C2CC(=O)N(c3ccc(C#N)cc3)C2)c1. The van der Waals surface area contributed by atoms with Crippen molar-refractivity contribution >= 4 is 40.8 Å². The highest BCUT2D eigenvalue weighted by atomic mass is 35.5. The number of esters is 1. The number of ether oxygens (including phenoxy) is 1. The summed E-state index contributed by atoms with van der Waals surface area (Å²) in [5, 5.41) is 11.8. The van der Waals surface area contributed by atoms with Crippen LogP contribution < -0.4 is 10.2 Å². The molecule has 0 radical (unpaired) electrons. The molecule has 1 fully saturated rings. The number of nitrogens with zero attached hydrogens (tertiary/aromatic N) is 2. The first-order valence-electron chi connectivity index (χ1n) is 8.42. The molecular weight excluding hydrogens is 382 g/mol. The standard InChI is InChI=1S/C20H16ClN3O4/c1-28-20(27)13-4-7-16(21)17(8-13)23-19(26)14-9-18(25)24(11-14)15-5-2-12(10-22)3-6-15/h2-8,14H,9,11H2,1H3,(H,23,26). The van der Waals surface area contributed by atoms with Gasteiger partial charge in [-0.15, -0.1) is 0 Å². The van der Waals surface area contributed by atoms with Crippen LogP contribution in [0, 0.1) is 17.2 Å². The van der Waals surface area contributed by atoms with Gasteiger partial charge in [-0.05, 0) is 42.5 Å². The third-order valence-corrected chi connectivity index (χ3v) is 4.78. The van der Waals surface area contributed by atoms with Gasteiger partial charge in [0.05, 0.1) is 40.9 Å². The summed E-state index contributed by atoms with van der Waals surface area (Å²) in [7, 11) is 1.26. The van der Waals surface area contributed by atoms with Crippen LogP contribution in [0.1, 0.15) is 22.3 Å². The number of nitrogens with one attached hydrogen (secondary N) is 1. The zero-order valence-corrected chi connectivity index (χ0v) is 15.7. The topological polar surface area (TPSA) is 99.5 Å². The Balaban J connectivity index is 1.73. The molecule has 1 aliphatic rings. The molecule has 1 N–H and O–H groups in total. The number of benzene rings is 2. The van der Waals surface area contributed by atoms with Crippen molar-refractivity contribution in [3.05, 3.63) is 58.6 Å². The van der Waals surface area contributed by atoms with Crippen molar-refractivity contribution in [1.29, 1.82) is 5.26 Å². The smallest absolute Gasteiger partial charge is 0.337 e. The molecule has 1 heterocycles. The first-order valence-corrected chi connectivity index (χ1v) is 8.80. The van der Waals surface area contributed by atoms with Crippen molar-refractivity contribution in [3.63, 3.8) is 0 Å². The zero-order valence-electron chi connectivity index (χ0n) is 14.9. The molecule has 0 aromatic heterocycles. The van der Waals surface area contributed by atoms with Crippen LogP contribution in [0.5, 0.6) is 0 Å². The Hall–Kier alpha value is -3.37. The molecule has 0 spiro atoms.